The Morgan fingerprint density at radius 2 is 1.43 bits per heavy atom. The first-order valence-electron chi connectivity index (χ1n) is 11.1. The summed E-state index contributed by atoms with van der Waals surface area (Å²) < 4.78 is 11.3. The molecule has 2 aromatic carbocycles. The second kappa shape index (κ2) is 10.4. The summed E-state index contributed by atoms with van der Waals surface area (Å²) in [6.45, 7) is 4.96. The largest absolute Gasteiger partial charge is 0.465 e. The van der Waals surface area contributed by atoms with E-state index in [4.69, 9.17) is 9.47 Å². The molecule has 2 aromatic rings. The zero-order valence-corrected chi connectivity index (χ0v) is 18.0. The van der Waals surface area contributed by atoms with Gasteiger partial charge >= 0.3 is 11.9 Å². The monoisotopic (exact) mass is 408 g/mol. The zero-order chi connectivity index (χ0) is 21.4. The molecule has 0 bridgehead atoms. The van der Waals surface area contributed by atoms with E-state index in [1.807, 2.05) is 60.7 Å². The molecule has 0 amide bonds. The summed E-state index contributed by atoms with van der Waals surface area (Å²) in [5.41, 5.74) is 1.00. The van der Waals surface area contributed by atoms with Gasteiger partial charge in [-0.25, -0.2) is 0 Å². The molecule has 1 fully saturated rings. The number of ether oxygens (including phenoxy) is 2. The second-order valence-electron chi connectivity index (χ2n) is 8.05. The van der Waals surface area contributed by atoms with Crippen molar-refractivity contribution in [1.82, 2.24) is 0 Å². The van der Waals surface area contributed by atoms with Crippen molar-refractivity contribution in [3.63, 3.8) is 0 Å². The maximum Gasteiger partial charge on any atom is 0.317 e. The van der Waals surface area contributed by atoms with Crippen LogP contribution in [0.1, 0.15) is 63.0 Å². The third-order valence-electron chi connectivity index (χ3n) is 6.06. The highest BCUT2D eigenvalue weighted by Crippen LogP contribution is 2.59. The molecule has 0 saturated heterocycles. The van der Waals surface area contributed by atoms with Crippen molar-refractivity contribution in [3.8, 4) is 0 Å². The molecule has 3 atom stereocenters. The first-order chi connectivity index (χ1) is 14.6. The first kappa shape index (κ1) is 22.1. The average molecular weight is 409 g/mol. The van der Waals surface area contributed by atoms with Crippen molar-refractivity contribution >= 4 is 11.9 Å². The number of hydrogen-bond acceptors (Lipinski definition) is 4. The molecule has 0 radical (unpaired) electrons. The molecule has 1 saturated carbocycles. The Morgan fingerprint density at radius 3 is 2.03 bits per heavy atom. The van der Waals surface area contributed by atoms with E-state index in [1.165, 1.54) is 0 Å². The van der Waals surface area contributed by atoms with Crippen molar-refractivity contribution in [2.45, 2.75) is 57.3 Å². The highest BCUT2D eigenvalue weighted by Gasteiger charge is 2.63. The van der Waals surface area contributed by atoms with Gasteiger partial charge in [0.25, 0.3) is 0 Å². The van der Waals surface area contributed by atoms with E-state index in [-0.39, 0.29) is 23.8 Å². The summed E-state index contributed by atoms with van der Waals surface area (Å²) in [5.74, 6) is -1.12. The average Bonchev–Trinajstić information content (AvgIpc) is 2.75. The molecule has 0 aromatic heterocycles. The maximum absolute atomic E-state index is 13.5. The van der Waals surface area contributed by atoms with Gasteiger partial charge < -0.3 is 9.47 Å². The standard InChI is InChI=1S/C26H32O4/c1-3-5-17-29-24(27)22-19-26(21-15-11-8-12-16-21,25(28)30-18-6-4-2)23(22)20-13-9-7-10-14-20/h7-16,22-23H,3-6,17-19H2,1-2H3. The van der Waals surface area contributed by atoms with Crippen molar-refractivity contribution in [2.24, 2.45) is 5.92 Å². The number of rotatable bonds is 10. The van der Waals surface area contributed by atoms with Gasteiger partial charge in [-0.3, -0.25) is 9.59 Å². The molecule has 3 unspecified atom stereocenters. The minimum atomic E-state index is -0.870. The molecular formula is C26H32O4. The van der Waals surface area contributed by atoms with E-state index in [1.54, 1.807) is 0 Å². The molecule has 1 aliphatic carbocycles. The fourth-order valence-corrected chi connectivity index (χ4v) is 4.39. The Kier molecular flexibility index (Phi) is 7.67. The van der Waals surface area contributed by atoms with Gasteiger partial charge in [-0.2, -0.15) is 0 Å². The molecule has 30 heavy (non-hydrogen) atoms. The van der Waals surface area contributed by atoms with Crippen LogP contribution in [0.2, 0.25) is 0 Å². The fraction of sp³-hybridized carbons (Fsp3) is 0.462. The minimum Gasteiger partial charge on any atom is -0.465 e. The summed E-state index contributed by atoms with van der Waals surface area (Å²) >= 11 is 0. The second-order valence-corrected chi connectivity index (χ2v) is 8.05. The van der Waals surface area contributed by atoms with Gasteiger partial charge in [-0.05, 0) is 30.4 Å². The number of unbranched alkanes of at least 4 members (excludes halogenated alkanes) is 2. The van der Waals surface area contributed by atoms with Crippen LogP contribution in [0.25, 0.3) is 0 Å². The number of hydrogen-bond donors (Lipinski definition) is 0. The summed E-state index contributed by atoms with van der Waals surface area (Å²) in [6.07, 6.45) is 4.01. The number of esters is 2. The fourth-order valence-electron chi connectivity index (χ4n) is 4.39. The summed E-state index contributed by atoms with van der Waals surface area (Å²) in [4.78, 5) is 26.4. The van der Waals surface area contributed by atoms with Gasteiger partial charge in [0.05, 0.1) is 19.1 Å². The lowest BCUT2D eigenvalue weighted by Crippen LogP contribution is -2.58. The predicted octanol–water partition coefficient (Wildman–Crippen LogP) is 5.41. The Morgan fingerprint density at radius 1 is 0.867 bits per heavy atom. The SMILES string of the molecule is CCCCOC(=O)C1CC(C(=O)OCCCC)(c2ccccc2)C1c1ccccc1. The van der Waals surface area contributed by atoms with Crippen LogP contribution in [0.15, 0.2) is 60.7 Å². The lowest BCUT2D eigenvalue weighted by atomic mass is 9.49. The third-order valence-corrected chi connectivity index (χ3v) is 6.06. The van der Waals surface area contributed by atoms with Gasteiger partial charge in [0, 0.05) is 5.92 Å². The normalized spacial score (nSPS) is 22.7. The summed E-state index contributed by atoms with van der Waals surface area (Å²) in [7, 11) is 0. The maximum atomic E-state index is 13.5. The summed E-state index contributed by atoms with van der Waals surface area (Å²) in [5, 5.41) is 0. The molecule has 4 nitrogen and oxygen atoms in total. The van der Waals surface area contributed by atoms with Crippen LogP contribution in [0, 0.1) is 5.92 Å². The Balaban J connectivity index is 1.97. The molecule has 0 N–H and O–H groups in total. The van der Waals surface area contributed by atoms with Crippen LogP contribution >= 0.6 is 0 Å². The molecular weight excluding hydrogens is 376 g/mol. The number of carbonyl (C=O) groups is 2. The van der Waals surface area contributed by atoms with E-state index in [9.17, 15) is 9.59 Å². The van der Waals surface area contributed by atoms with Gasteiger partial charge in [-0.1, -0.05) is 87.4 Å². The Hall–Kier alpha value is -2.62. The summed E-state index contributed by atoms with van der Waals surface area (Å²) in [6, 6.07) is 19.6. The smallest absolute Gasteiger partial charge is 0.317 e. The van der Waals surface area contributed by atoms with E-state index >= 15 is 0 Å². The number of benzene rings is 2. The van der Waals surface area contributed by atoms with Crippen molar-refractivity contribution in [2.75, 3.05) is 13.2 Å². The topological polar surface area (TPSA) is 52.6 Å². The van der Waals surface area contributed by atoms with Crippen LogP contribution in [-0.2, 0) is 24.5 Å². The molecule has 0 spiro atoms. The number of carbonyl (C=O) groups excluding carboxylic acids is 2. The Labute approximate surface area is 179 Å². The molecule has 0 heterocycles. The molecule has 0 aliphatic heterocycles. The minimum absolute atomic E-state index is 0.217. The van der Waals surface area contributed by atoms with E-state index in [0.717, 1.165) is 36.8 Å². The highest BCUT2D eigenvalue weighted by atomic mass is 16.5. The van der Waals surface area contributed by atoms with Gasteiger partial charge in [0.2, 0.25) is 0 Å². The van der Waals surface area contributed by atoms with Crippen LogP contribution < -0.4 is 0 Å². The van der Waals surface area contributed by atoms with Crippen LogP contribution in [0.5, 0.6) is 0 Å². The zero-order valence-electron chi connectivity index (χ0n) is 18.0. The van der Waals surface area contributed by atoms with Crippen LogP contribution in [0.3, 0.4) is 0 Å². The lowest BCUT2D eigenvalue weighted by molar-refractivity contribution is -0.168. The van der Waals surface area contributed by atoms with Gasteiger partial charge in [0.15, 0.2) is 0 Å². The molecule has 160 valence electrons. The Bertz CT molecular complexity index is 817. The van der Waals surface area contributed by atoms with E-state index in [2.05, 4.69) is 13.8 Å². The van der Waals surface area contributed by atoms with E-state index < -0.39 is 5.41 Å². The first-order valence-corrected chi connectivity index (χ1v) is 11.1. The van der Waals surface area contributed by atoms with E-state index in [0.29, 0.717) is 19.6 Å². The van der Waals surface area contributed by atoms with Crippen molar-refractivity contribution in [3.05, 3.63) is 71.8 Å². The predicted molar refractivity (Wildman–Crippen MR) is 117 cm³/mol. The highest BCUT2D eigenvalue weighted by molar-refractivity contribution is 5.91. The molecule has 1 aliphatic rings. The van der Waals surface area contributed by atoms with Gasteiger partial charge in [0.1, 0.15) is 5.41 Å². The third kappa shape index (κ3) is 4.43. The van der Waals surface area contributed by atoms with Gasteiger partial charge in [-0.15, -0.1) is 0 Å². The van der Waals surface area contributed by atoms with Crippen LogP contribution in [0.4, 0.5) is 0 Å². The lowest BCUT2D eigenvalue weighted by Gasteiger charge is -2.52. The quantitative estimate of drug-likeness (QED) is 0.389. The van der Waals surface area contributed by atoms with Crippen molar-refractivity contribution < 1.29 is 19.1 Å². The van der Waals surface area contributed by atoms with Crippen molar-refractivity contribution in [1.29, 1.82) is 0 Å². The molecule has 3 rings (SSSR count). The molecule has 4 heteroatoms. The van der Waals surface area contributed by atoms with Crippen LogP contribution in [-0.4, -0.2) is 25.2 Å².